The molecule has 11 heteroatoms. The molecule has 194 valence electrons. The fourth-order valence-corrected chi connectivity index (χ4v) is 5.00. The molecule has 0 saturated heterocycles. The molecule has 0 unspecified atom stereocenters. The van der Waals surface area contributed by atoms with Gasteiger partial charge in [0.25, 0.3) is 10.0 Å². The summed E-state index contributed by atoms with van der Waals surface area (Å²) in [6, 6.07) is 12.4. The van der Waals surface area contributed by atoms with Gasteiger partial charge in [-0.05, 0) is 37.1 Å². The number of nitrogens with two attached hydrogens (primary N) is 1. The minimum Gasteiger partial charge on any atom is -0.493 e. The zero-order valence-corrected chi connectivity index (χ0v) is 21.0. The first kappa shape index (κ1) is 28.7. The highest BCUT2D eigenvalue weighted by Crippen LogP contribution is 2.23. The molecule has 0 atom stereocenters. The zero-order valence-electron chi connectivity index (χ0n) is 19.4. The normalized spacial score (nSPS) is 12.3. The van der Waals surface area contributed by atoms with Crippen molar-refractivity contribution in [2.75, 3.05) is 11.3 Å². The lowest BCUT2D eigenvalue weighted by atomic mass is 10.1. The van der Waals surface area contributed by atoms with E-state index in [1.165, 1.54) is 30.3 Å². The third kappa shape index (κ3) is 11.2. The van der Waals surface area contributed by atoms with E-state index in [0.29, 0.717) is 24.3 Å². The van der Waals surface area contributed by atoms with Gasteiger partial charge in [-0.3, -0.25) is 4.72 Å². The maximum absolute atomic E-state index is 12.5. The van der Waals surface area contributed by atoms with Crippen molar-refractivity contribution in [1.29, 1.82) is 0 Å². The molecule has 3 N–H and O–H groups in total. The highest BCUT2D eigenvalue weighted by Gasteiger charge is 2.16. The number of unbranched alkanes of at least 4 members (excludes halogenated alkanes) is 6. The van der Waals surface area contributed by atoms with Gasteiger partial charge in [-0.1, -0.05) is 62.4 Å². The average molecular weight is 531 g/mol. The van der Waals surface area contributed by atoms with Gasteiger partial charge in [-0.15, -0.1) is 0 Å². The molecule has 7 nitrogen and oxygen atoms in total. The lowest BCUT2D eigenvalue weighted by Crippen LogP contribution is -2.17. The van der Waals surface area contributed by atoms with Gasteiger partial charge in [0.15, 0.2) is 0 Å². The summed E-state index contributed by atoms with van der Waals surface area (Å²) in [4.78, 5) is -0.325. The number of hydrogen-bond acceptors (Lipinski definition) is 5. The molecule has 0 amide bonds. The average Bonchev–Trinajstić information content (AvgIpc) is 2.79. The second kappa shape index (κ2) is 14.2. The van der Waals surface area contributed by atoms with E-state index in [9.17, 15) is 25.6 Å². The van der Waals surface area contributed by atoms with Gasteiger partial charge in [0, 0.05) is 12.0 Å². The summed E-state index contributed by atoms with van der Waals surface area (Å²) in [6.45, 7) is 0.461. The van der Waals surface area contributed by atoms with E-state index in [1.54, 1.807) is 24.3 Å². The van der Waals surface area contributed by atoms with Crippen LogP contribution in [0.5, 0.6) is 5.75 Å². The molecule has 2 aromatic rings. The summed E-state index contributed by atoms with van der Waals surface area (Å²) < 4.78 is 80.6. The van der Waals surface area contributed by atoms with Crippen molar-refractivity contribution >= 4 is 31.8 Å². The molecule has 0 saturated carbocycles. The number of rotatable bonds is 16. The maximum Gasteiger partial charge on any atom is 0.255 e. The Bertz CT molecular complexity index is 1170. The van der Waals surface area contributed by atoms with Crippen LogP contribution in [0.1, 0.15) is 56.9 Å². The Morgan fingerprint density at radius 2 is 1.46 bits per heavy atom. The smallest absolute Gasteiger partial charge is 0.255 e. The number of primary sulfonamides is 1. The number of benzene rings is 2. The molecule has 0 aliphatic carbocycles. The van der Waals surface area contributed by atoms with E-state index in [1.807, 2.05) is 0 Å². The number of nitrogens with one attached hydrogen (secondary N) is 1. The van der Waals surface area contributed by atoms with Crippen LogP contribution in [-0.4, -0.2) is 29.9 Å². The molecule has 0 aliphatic rings. The Labute approximate surface area is 206 Å². The SMILES string of the molecule is NS(=O)(=O)c1ccccc1NS(=O)(=O)/C=C/c1ccccc1OCCCCCCCCCC(F)F. The number of para-hydroxylation sites is 2. The summed E-state index contributed by atoms with van der Waals surface area (Å²) in [5.74, 6) is 0.524. The fourth-order valence-electron chi connectivity index (χ4n) is 3.37. The minimum atomic E-state index is -4.10. The van der Waals surface area contributed by atoms with Crippen LogP contribution in [0, 0.1) is 0 Å². The fraction of sp³-hybridized carbons (Fsp3) is 0.417. The predicted octanol–water partition coefficient (Wildman–Crippen LogP) is 5.51. The van der Waals surface area contributed by atoms with Crippen molar-refractivity contribution in [2.24, 2.45) is 5.14 Å². The summed E-state index contributed by atoms with van der Waals surface area (Å²) in [5, 5.41) is 6.09. The van der Waals surface area contributed by atoms with Crippen molar-refractivity contribution < 1.29 is 30.4 Å². The maximum atomic E-state index is 12.5. The van der Waals surface area contributed by atoms with E-state index in [0.717, 1.165) is 43.9 Å². The quantitative estimate of drug-likeness (QED) is 0.278. The van der Waals surface area contributed by atoms with E-state index in [-0.39, 0.29) is 17.0 Å². The number of hydrogen-bond donors (Lipinski definition) is 2. The summed E-state index contributed by atoms with van der Waals surface area (Å²) in [6.07, 6.45) is 5.25. The number of ether oxygens (including phenoxy) is 1. The number of alkyl halides is 2. The van der Waals surface area contributed by atoms with E-state index < -0.39 is 26.5 Å². The van der Waals surface area contributed by atoms with Crippen molar-refractivity contribution in [3.8, 4) is 5.75 Å². The molecule has 2 rings (SSSR count). The second-order valence-corrected chi connectivity index (χ2v) is 11.1. The Morgan fingerprint density at radius 3 is 2.14 bits per heavy atom. The molecule has 0 spiro atoms. The van der Waals surface area contributed by atoms with Gasteiger partial charge in [0.2, 0.25) is 16.4 Å². The van der Waals surface area contributed by atoms with Gasteiger partial charge >= 0.3 is 0 Å². The zero-order chi connectivity index (χ0) is 25.7. The molecule has 35 heavy (non-hydrogen) atoms. The van der Waals surface area contributed by atoms with Crippen LogP contribution in [0.4, 0.5) is 14.5 Å². The van der Waals surface area contributed by atoms with Crippen molar-refractivity contribution in [3.63, 3.8) is 0 Å². The standard InChI is InChI=1S/C24H32F2N2O5S2/c25-24(26)16-6-4-2-1-3-5-11-18-33-22-14-9-7-12-20(22)17-19-34(29,30)28-21-13-8-10-15-23(21)35(27,31)32/h7-10,12-15,17,19,24,28H,1-6,11,16,18H2,(H2,27,31,32)/b19-17+. The van der Waals surface area contributed by atoms with Crippen molar-refractivity contribution in [1.82, 2.24) is 0 Å². The lowest BCUT2D eigenvalue weighted by Gasteiger charge is -2.10. The van der Waals surface area contributed by atoms with Gasteiger partial charge < -0.3 is 4.74 Å². The molecular weight excluding hydrogens is 498 g/mol. The van der Waals surface area contributed by atoms with Crippen LogP contribution in [0.25, 0.3) is 6.08 Å². The first-order valence-electron chi connectivity index (χ1n) is 11.4. The number of anilines is 1. The first-order valence-corrected chi connectivity index (χ1v) is 14.5. The number of sulfonamides is 2. The minimum absolute atomic E-state index is 0.0258. The molecule has 0 heterocycles. The van der Waals surface area contributed by atoms with E-state index in [2.05, 4.69) is 4.72 Å². The summed E-state index contributed by atoms with van der Waals surface area (Å²) >= 11 is 0. The van der Waals surface area contributed by atoms with Crippen LogP contribution in [0.3, 0.4) is 0 Å². The first-order chi connectivity index (χ1) is 16.6. The Hall–Kier alpha value is -2.50. The molecule has 0 bridgehead atoms. The predicted molar refractivity (Wildman–Crippen MR) is 134 cm³/mol. The molecule has 0 radical (unpaired) electrons. The molecule has 0 fully saturated rings. The molecular formula is C24H32F2N2O5S2. The van der Waals surface area contributed by atoms with Crippen LogP contribution in [0.15, 0.2) is 58.8 Å². The van der Waals surface area contributed by atoms with Gasteiger partial charge in [-0.25, -0.2) is 30.8 Å². The largest absolute Gasteiger partial charge is 0.493 e. The lowest BCUT2D eigenvalue weighted by molar-refractivity contribution is 0.133. The highest BCUT2D eigenvalue weighted by molar-refractivity contribution is 7.95. The van der Waals surface area contributed by atoms with E-state index >= 15 is 0 Å². The topological polar surface area (TPSA) is 116 Å². The highest BCUT2D eigenvalue weighted by atomic mass is 32.2. The van der Waals surface area contributed by atoms with E-state index in [4.69, 9.17) is 9.88 Å². The van der Waals surface area contributed by atoms with Crippen LogP contribution < -0.4 is 14.6 Å². The van der Waals surface area contributed by atoms with Crippen LogP contribution in [-0.2, 0) is 20.0 Å². The summed E-state index contributed by atoms with van der Waals surface area (Å²) in [5.41, 5.74) is 0.412. The molecule has 0 aliphatic heterocycles. The van der Waals surface area contributed by atoms with Gasteiger partial charge in [0.05, 0.1) is 17.7 Å². The number of halogens is 2. The third-order valence-electron chi connectivity index (χ3n) is 5.12. The molecule has 0 aromatic heterocycles. The van der Waals surface area contributed by atoms with Gasteiger partial charge in [0.1, 0.15) is 10.6 Å². The third-order valence-corrected chi connectivity index (χ3v) is 7.08. The summed E-state index contributed by atoms with van der Waals surface area (Å²) in [7, 11) is -8.13. The van der Waals surface area contributed by atoms with Crippen molar-refractivity contribution in [2.45, 2.75) is 62.7 Å². The molecule has 2 aromatic carbocycles. The monoisotopic (exact) mass is 530 g/mol. The second-order valence-electron chi connectivity index (χ2n) is 8.03. The Balaban J connectivity index is 1.86. The Morgan fingerprint density at radius 1 is 0.857 bits per heavy atom. The van der Waals surface area contributed by atoms with Crippen LogP contribution >= 0.6 is 0 Å². The van der Waals surface area contributed by atoms with Crippen LogP contribution in [0.2, 0.25) is 0 Å². The van der Waals surface area contributed by atoms with Gasteiger partial charge in [-0.2, -0.15) is 0 Å². The Kier molecular flexibility index (Phi) is 11.6. The van der Waals surface area contributed by atoms with Crippen molar-refractivity contribution in [3.05, 3.63) is 59.5 Å².